The van der Waals surface area contributed by atoms with Crippen LogP contribution in [0.2, 0.25) is 0 Å². The standard InChI is InChI=1S/C16H29N5O/c1-12(21-9-7-20(4)8-10-21)5-6-16(22)17-11-15-13(2)18-19-14(15)3/h12H,5-11H2,1-4H3,(H,17,22)(H,18,19). The first kappa shape index (κ1) is 17.0. The van der Waals surface area contributed by atoms with Crippen molar-refractivity contribution in [1.29, 1.82) is 0 Å². The minimum absolute atomic E-state index is 0.126. The van der Waals surface area contributed by atoms with Crippen molar-refractivity contribution in [3.63, 3.8) is 0 Å². The van der Waals surface area contributed by atoms with Crippen LogP contribution in [0.25, 0.3) is 0 Å². The second-order valence-electron chi connectivity index (χ2n) is 6.42. The average Bonchev–Trinajstić information content (AvgIpc) is 2.82. The number of carbonyl (C=O) groups excluding carboxylic acids is 1. The predicted octanol–water partition coefficient (Wildman–Crippen LogP) is 1.06. The fraction of sp³-hybridized carbons (Fsp3) is 0.750. The SMILES string of the molecule is Cc1n[nH]c(C)c1CNC(=O)CCC(C)N1CCN(C)CC1. The van der Waals surface area contributed by atoms with E-state index in [-0.39, 0.29) is 5.91 Å². The molecule has 1 aliphatic rings. The maximum absolute atomic E-state index is 12.0. The van der Waals surface area contributed by atoms with Gasteiger partial charge in [-0.3, -0.25) is 14.8 Å². The zero-order valence-corrected chi connectivity index (χ0v) is 14.3. The maximum Gasteiger partial charge on any atom is 0.220 e. The van der Waals surface area contributed by atoms with Gasteiger partial charge in [0.25, 0.3) is 0 Å². The number of aryl methyl sites for hydroxylation is 2. The van der Waals surface area contributed by atoms with Crippen LogP contribution in [0, 0.1) is 13.8 Å². The van der Waals surface area contributed by atoms with Crippen molar-refractivity contribution in [1.82, 2.24) is 25.3 Å². The summed E-state index contributed by atoms with van der Waals surface area (Å²) in [5.74, 6) is 0.126. The van der Waals surface area contributed by atoms with Gasteiger partial charge in [-0.15, -0.1) is 0 Å². The van der Waals surface area contributed by atoms with Crippen molar-refractivity contribution in [2.24, 2.45) is 0 Å². The van der Waals surface area contributed by atoms with E-state index in [4.69, 9.17) is 0 Å². The van der Waals surface area contributed by atoms with Crippen LogP contribution < -0.4 is 5.32 Å². The van der Waals surface area contributed by atoms with E-state index in [2.05, 4.69) is 39.3 Å². The molecule has 0 spiro atoms. The van der Waals surface area contributed by atoms with Crippen LogP contribution in [0.3, 0.4) is 0 Å². The van der Waals surface area contributed by atoms with Crippen molar-refractivity contribution in [2.45, 2.75) is 46.2 Å². The molecule has 2 rings (SSSR count). The van der Waals surface area contributed by atoms with Crippen LogP contribution in [0.5, 0.6) is 0 Å². The largest absolute Gasteiger partial charge is 0.352 e. The lowest BCUT2D eigenvalue weighted by atomic mass is 10.1. The number of hydrogen-bond donors (Lipinski definition) is 2. The molecule has 2 N–H and O–H groups in total. The number of amides is 1. The Bertz CT molecular complexity index is 471. The summed E-state index contributed by atoms with van der Waals surface area (Å²) in [6.45, 7) is 11.2. The van der Waals surface area contributed by atoms with Crippen molar-refractivity contribution in [3.05, 3.63) is 17.0 Å². The number of aromatic amines is 1. The quantitative estimate of drug-likeness (QED) is 0.825. The Labute approximate surface area is 133 Å². The van der Waals surface area contributed by atoms with Gasteiger partial charge in [-0.2, -0.15) is 5.10 Å². The highest BCUT2D eigenvalue weighted by Crippen LogP contribution is 2.11. The van der Waals surface area contributed by atoms with E-state index in [0.717, 1.165) is 49.6 Å². The van der Waals surface area contributed by atoms with Crippen LogP contribution in [0.4, 0.5) is 0 Å². The first-order chi connectivity index (χ1) is 10.5. The molecular weight excluding hydrogens is 278 g/mol. The second-order valence-corrected chi connectivity index (χ2v) is 6.42. The Hall–Kier alpha value is -1.40. The number of H-pyrrole nitrogens is 1. The summed E-state index contributed by atoms with van der Waals surface area (Å²) in [5, 5.41) is 10.1. The van der Waals surface area contributed by atoms with E-state index in [1.807, 2.05) is 13.8 Å². The number of hydrogen-bond acceptors (Lipinski definition) is 4. The highest BCUT2D eigenvalue weighted by molar-refractivity contribution is 5.75. The van der Waals surface area contributed by atoms with Crippen LogP contribution in [0.1, 0.15) is 36.7 Å². The van der Waals surface area contributed by atoms with Gasteiger partial charge in [-0.25, -0.2) is 0 Å². The number of rotatable bonds is 6. The zero-order chi connectivity index (χ0) is 16.1. The van der Waals surface area contributed by atoms with E-state index < -0.39 is 0 Å². The lowest BCUT2D eigenvalue weighted by Gasteiger charge is -2.36. The number of nitrogens with one attached hydrogen (secondary N) is 2. The fourth-order valence-electron chi connectivity index (χ4n) is 2.90. The van der Waals surface area contributed by atoms with E-state index in [1.165, 1.54) is 0 Å². The summed E-state index contributed by atoms with van der Waals surface area (Å²) in [4.78, 5) is 16.9. The molecule has 1 saturated heterocycles. The van der Waals surface area contributed by atoms with E-state index >= 15 is 0 Å². The van der Waals surface area contributed by atoms with Gasteiger partial charge in [0.1, 0.15) is 0 Å². The van der Waals surface area contributed by atoms with Gasteiger partial charge in [0.2, 0.25) is 5.91 Å². The van der Waals surface area contributed by atoms with Gasteiger partial charge < -0.3 is 10.2 Å². The minimum Gasteiger partial charge on any atom is -0.352 e. The van der Waals surface area contributed by atoms with Gasteiger partial charge in [-0.1, -0.05) is 0 Å². The third kappa shape index (κ3) is 4.55. The molecule has 2 heterocycles. The number of likely N-dealkylation sites (N-methyl/N-ethyl adjacent to an activating group) is 1. The summed E-state index contributed by atoms with van der Waals surface area (Å²) in [6.07, 6.45) is 1.50. The van der Waals surface area contributed by atoms with Gasteiger partial charge >= 0.3 is 0 Å². The molecule has 6 nitrogen and oxygen atoms in total. The van der Waals surface area contributed by atoms with Gasteiger partial charge in [-0.05, 0) is 34.2 Å². The van der Waals surface area contributed by atoms with E-state index in [0.29, 0.717) is 19.0 Å². The highest BCUT2D eigenvalue weighted by atomic mass is 16.1. The summed E-state index contributed by atoms with van der Waals surface area (Å²) in [5.41, 5.74) is 3.09. The minimum atomic E-state index is 0.126. The molecule has 0 aliphatic carbocycles. The van der Waals surface area contributed by atoms with Crippen molar-refractivity contribution < 1.29 is 4.79 Å². The Morgan fingerprint density at radius 3 is 2.59 bits per heavy atom. The summed E-state index contributed by atoms with van der Waals surface area (Å²) in [6, 6.07) is 0.469. The topological polar surface area (TPSA) is 64.3 Å². The molecule has 124 valence electrons. The van der Waals surface area contributed by atoms with Crippen molar-refractivity contribution in [2.75, 3.05) is 33.2 Å². The molecule has 0 bridgehead atoms. The molecule has 6 heteroatoms. The molecule has 0 radical (unpaired) electrons. The summed E-state index contributed by atoms with van der Waals surface area (Å²) >= 11 is 0. The first-order valence-corrected chi connectivity index (χ1v) is 8.17. The van der Waals surface area contributed by atoms with E-state index in [9.17, 15) is 4.79 Å². The molecule has 1 aromatic heterocycles. The third-order valence-electron chi connectivity index (χ3n) is 4.69. The van der Waals surface area contributed by atoms with Crippen LogP contribution in [0.15, 0.2) is 0 Å². The Kier molecular flexibility index (Phi) is 5.97. The van der Waals surface area contributed by atoms with Crippen LogP contribution in [-0.2, 0) is 11.3 Å². The zero-order valence-electron chi connectivity index (χ0n) is 14.3. The molecule has 0 aromatic carbocycles. The van der Waals surface area contributed by atoms with Crippen LogP contribution in [-0.4, -0.2) is 65.2 Å². The molecule has 1 atom stereocenters. The number of nitrogens with zero attached hydrogens (tertiary/aromatic N) is 3. The third-order valence-corrected chi connectivity index (χ3v) is 4.69. The lowest BCUT2D eigenvalue weighted by molar-refractivity contribution is -0.121. The molecule has 1 fully saturated rings. The van der Waals surface area contributed by atoms with Gasteiger partial charge in [0.05, 0.1) is 5.69 Å². The number of aromatic nitrogens is 2. The molecular formula is C16H29N5O. The van der Waals surface area contributed by atoms with Gasteiger partial charge in [0.15, 0.2) is 0 Å². The molecule has 1 aromatic rings. The maximum atomic E-state index is 12.0. The number of carbonyl (C=O) groups is 1. The molecule has 1 amide bonds. The van der Waals surface area contributed by atoms with Crippen LogP contribution >= 0.6 is 0 Å². The molecule has 22 heavy (non-hydrogen) atoms. The number of piperazine rings is 1. The Morgan fingerprint density at radius 1 is 1.32 bits per heavy atom. The molecule has 1 unspecified atom stereocenters. The Balaban J connectivity index is 1.69. The fourth-order valence-corrected chi connectivity index (χ4v) is 2.90. The molecule has 0 saturated carbocycles. The normalized spacial score (nSPS) is 18.4. The monoisotopic (exact) mass is 307 g/mol. The predicted molar refractivity (Wildman–Crippen MR) is 87.7 cm³/mol. The Morgan fingerprint density at radius 2 is 2.00 bits per heavy atom. The average molecular weight is 307 g/mol. The highest BCUT2D eigenvalue weighted by Gasteiger charge is 2.19. The summed E-state index contributed by atoms with van der Waals surface area (Å²) in [7, 11) is 2.16. The summed E-state index contributed by atoms with van der Waals surface area (Å²) < 4.78 is 0. The smallest absolute Gasteiger partial charge is 0.220 e. The lowest BCUT2D eigenvalue weighted by Crippen LogP contribution is -2.48. The second kappa shape index (κ2) is 7.74. The van der Waals surface area contributed by atoms with E-state index in [1.54, 1.807) is 0 Å². The van der Waals surface area contributed by atoms with Crippen molar-refractivity contribution >= 4 is 5.91 Å². The van der Waals surface area contributed by atoms with Gasteiger partial charge in [0, 0.05) is 56.4 Å². The first-order valence-electron chi connectivity index (χ1n) is 8.17. The molecule has 1 aliphatic heterocycles. The van der Waals surface area contributed by atoms with Crippen molar-refractivity contribution in [3.8, 4) is 0 Å².